The number of carbonyl (C=O) groups excluding carboxylic acids is 1. The number of ketones is 1. The second-order valence-electron chi connectivity index (χ2n) is 5.72. The molecule has 0 amide bonds. The number of aliphatic hydroxyl groups is 2. The molecule has 0 bridgehead atoms. The number of hydrogen-bond donors (Lipinski definition) is 2. The molecular formula is C19H22O4. The average molecular weight is 314 g/mol. The van der Waals surface area contributed by atoms with Gasteiger partial charge in [-0.05, 0) is 37.5 Å². The molecule has 0 radical (unpaired) electrons. The molecule has 0 saturated carbocycles. The van der Waals surface area contributed by atoms with Crippen molar-refractivity contribution in [3.63, 3.8) is 0 Å². The summed E-state index contributed by atoms with van der Waals surface area (Å²) in [5, 5.41) is 20.9. The molecule has 0 saturated heterocycles. The Hall–Kier alpha value is -2.17. The van der Waals surface area contributed by atoms with Gasteiger partial charge in [0.25, 0.3) is 0 Å². The summed E-state index contributed by atoms with van der Waals surface area (Å²) in [5.74, 6) is -0.163. The Balaban J connectivity index is 2.11. The van der Waals surface area contributed by atoms with Crippen LogP contribution in [-0.2, 0) is 6.42 Å². The van der Waals surface area contributed by atoms with Gasteiger partial charge in [0, 0.05) is 0 Å². The van der Waals surface area contributed by atoms with Crippen LogP contribution >= 0.6 is 0 Å². The number of para-hydroxylation sites is 1. The van der Waals surface area contributed by atoms with E-state index in [0.717, 1.165) is 5.56 Å². The zero-order valence-electron chi connectivity index (χ0n) is 13.4. The Bertz CT molecular complexity index is 649. The number of Topliss-reactive ketones (excluding diaryl/α,β-unsaturated/α-hetero) is 1. The van der Waals surface area contributed by atoms with Gasteiger partial charge in [0.05, 0.1) is 18.8 Å². The summed E-state index contributed by atoms with van der Waals surface area (Å²) in [5.41, 5.74) is -0.561. The molecule has 0 spiro atoms. The summed E-state index contributed by atoms with van der Waals surface area (Å²) in [4.78, 5) is 12.6. The monoisotopic (exact) mass is 314 g/mol. The number of benzene rings is 2. The molecule has 4 nitrogen and oxygen atoms in total. The van der Waals surface area contributed by atoms with E-state index in [1.165, 1.54) is 14.0 Å². The lowest BCUT2D eigenvalue weighted by molar-refractivity contribution is -0.0424. The quantitative estimate of drug-likeness (QED) is 0.771. The molecule has 4 heteroatoms. The second kappa shape index (κ2) is 7.40. The third-order valence-electron chi connectivity index (χ3n) is 4.01. The number of rotatable bonds is 7. The largest absolute Gasteiger partial charge is 0.496 e. The first kappa shape index (κ1) is 17.2. The number of hydrogen-bond acceptors (Lipinski definition) is 4. The molecule has 2 aromatic carbocycles. The minimum absolute atomic E-state index is 0.263. The van der Waals surface area contributed by atoms with E-state index < -0.39 is 17.5 Å². The van der Waals surface area contributed by atoms with E-state index in [9.17, 15) is 15.0 Å². The summed E-state index contributed by atoms with van der Waals surface area (Å²) in [7, 11) is 1.46. The highest BCUT2D eigenvalue weighted by Gasteiger charge is 2.39. The highest BCUT2D eigenvalue weighted by molar-refractivity contribution is 6.04. The van der Waals surface area contributed by atoms with Crippen molar-refractivity contribution in [3.05, 3.63) is 65.7 Å². The minimum atomic E-state index is -1.87. The summed E-state index contributed by atoms with van der Waals surface area (Å²) in [6.45, 7) is 1.34. The zero-order valence-corrected chi connectivity index (χ0v) is 13.4. The Morgan fingerprint density at radius 2 is 1.74 bits per heavy atom. The third kappa shape index (κ3) is 3.97. The van der Waals surface area contributed by atoms with Crippen LogP contribution in [0.4, 0.5) is 0 Å². The Kier molecular flexibility index (Phi) is 5.53. The van der Waals surface area contributed by atoms with Gasteiger partial charge in [-0.2, -0.15) is 0 Å². The molecule has 0 aromatic heterocycles. The number of aliphatic hydroxyl groups excluding tert-OH is 1. The molecule has 0 unspecified atom stereocenters. The fraction of sp³-hybridized carbons (Fsp3) is 0.316. The number of aryl methyl sites for hydroxylation is 1. The lowest BCUT2D eigenvalue weighted by Gasteiger charge is -2.28. The third-order valence-corrected chi connectivity index (χ3v) is 4.01. The van der Waals surface area contributed by atoms with Crippen molar-refractivity contribution in [2.24, 2.45) is 0 Å². The van der Waals surface area contributed by atoms with Gasteiger partial charge in [0.1, 0.15) is 5.75 Å². The van der Waals surface area contributed by atoms with Gasteiger partial charge in [0.15, 0.2) is 11.4 Å². The van der Waals surface area contributed by atoms with E-state index in [2.05, 4.69) is 0 Å². The maximum Gasteiger partial charge on any atom is 0.200 e. The number of ether oxygens (including phenoxy) is 1. The molecule has 2 atom stereocenters. The molecule has 0 aliphatic rings. The number of carbonyl (C=O) groups is 1. The van der Waals surface area contributed by atoms with Crippen molar-refractivity contribution in [2.75, 3.05) is 7.11 Å². The first-order valence-electron chi connectivity index (χ1n) is 7.59. The van der Waals surface area contributed by atoms with Crippen molar-refractivity contribution in [2.45, 2.75) is 31.5 Å². The van der Waals surface area contributed by atoms with Gasteiger partial charge in [-0.25, -0.2) is 0 Å². The van der Waals surface area contributed by atoms with Gasteiger partial charge in [-0.1, -0.05) is 42.5 Å². The fourth-order valence-electron chi connectivity index (χ4n) is 2.49. The normalized spacial score (nSPS) is 14.8. The Morgan fingerprint density at radius 1 is 1.13 bits per heavy atom. The van der Waals surface area contributed by atoms with Crippen molar-refractivity contribution in [1.82, 2.24) is 0 Å². The molecule has 2 N–H and O–H groups in total. The highest BCUT2D eigenvalue weighted by Crippen LogP contribution is 2.26. The lowest BCUT2D eigenvalue weighted by Crippen LogP contribution is -2.47. The Labute approximate surface area is 136 Å². The summed E-state index contributed by atoms with van der Waals surface area (Å²) in [6, 6.07) is 16.3. The summed E-state index contributed by atoms with van der Waals surface area (Å²) in [6.07, 6.45) is -0.296. The van der Waals surface area contributed by atoms with Crippen molar-refractivity contribution >= 4 is 5.78 Å². The van der Waals surface area contributed by atoms with Crippen LogP contribution in [-0.4, -0.2) is 34.8 Å². The van der Waals surface area contributed by atoms with E-state index >= 15 is 0 Å². The van der Waals surface area contributed by atoms with E-state index in [4.69, 9.17) is 4.74 Å². The lowest BCUT2D eigenvalue weighted by atomic mass is 9.86. The zero-order chi connectivity index (χ0) is 16.9. The molecule has 2 aromatic rings. The standard InChI is InChI=1S/C19H22O4/c1-19(22,17(20)13-12-14-8-4-3-5-9-14)18(21)15-10-6-7-11-16(15)23-2/h3-11,17,20,22H,12-13H2,1-2H3/t17-,19-/m1/s1. The molecular weight excluding hydrogens is 292 g/mol. The molecule has 2 rings (SSSR count). The Morgan fingerprint density at radius 3 is 2.39 bits per heavy atom. The van der Waals surface area contributed by atoms with E-state index in [-0.39, 0.29) is 12.0 Å². The second-order valence-corrected chi connectivity index (χ2v) is 5.72. The predicted octanol–water partition coefficient (Wildman–Crippen LogP) is 2.62. The van der Waals surface area contributed by atoms with Crippen LogP contribution in [0, 0.1) is 0 Å². The summed E-state index contributed by atoms with van der Waals surface area (Å²) < 4.78 is 5.16. The van der Waals surface area contributed by atoms with Crippen molar-refractivity contribution < 1.29 is 19.7 Å². The van der Waals surface area contributed by atoms with Gasteiger partial charge in [-0.15, -0.1) is 0 Å². The van der Waals surface area contributed by atoms with Crippen LogP contribution in [0.15, 0.2) is 54.6 Å². The van der Waals surface area contributed by atoms with Gasteiger partial charge in [-0.3, -0.25) is 4.79 Å². The fourth-order valence-corrected chi connectivity index (χ4v) is 2.49. The van der Waals surface area contributed by atoms with E-state index in [1.807, 2.05) is 30.3 Å². The molecule has 0 aliphatic carbocycles. The van der Waals surface area contributed by atoms with Crippen molar-refractivity contribution in [3.8, 4) is 5.75 Å². The van der Waals surface area contributed by atoms with Gasteiger partial charge >= 0.3 is 0 Å². The van der Waals surface area contributed by atoms with E-state index in [0.29, 0.717) is 12.2 Å². The SMILES string of the molecule is COc1ccccc1C(=O)[C@](C)(O)[C@H](O)CCc1ccccc1. The van der Waals surface area contributed by atoms with Crippen LogP contribution in [0.2, 0.25) is 0 Å². The van der Waals surface area contributed by atoms with Crippen LogP contribution in [0.25, 0.3) is 0 Å². The molecule has 0 heterocycles. The van der Waals surface area contributed by atoms with Crippen LogP contribution in [0.1, 0.15) is 29.3 Å². The van der Waals surface area contributed by atoms with Crippen LogP contribution in [0.3, 0.4) is 0 Å². The molecule has 0 fully saturated rings. The molecule has 122 valence electrons. The van der Waals surface area contributed by atoms with Gasteiger partial charge < -0.3 is 14.9 Å². The molecule has 0 aliphatic heterocycles. The van der Waals surface area contributed by atoms with Gasteiger partial charge in [0.2, 0.25) is 0 Å². The topological polar surface area (TPSA) is 66.8 Å². The summed E-state index contributed by atoms with van der Waals surface area (Å²) >= 11 is 0. The first-order valence-corrected chi connectivity index (χ1v) is 7.59. The maximum absolute atomic E-state index is 12.6. The van der Waals surface area contributed by atoms with Crippen LogP contribution in [0.5, 0.6) is 5.75 Å². The van der Waals surface area contributed by atoms with Crippen LogP contribution < -0.4 is 4.74 Å². The minimum Gasteiger partial charge on any atom is -0.496 e. The number of methoxy groups -OCH3 is 1. The first-order chi connectivity index (χ1) is 11.0. The highest BCUT2D eigenvalue weighted by atomic mass is 16.5. The predicted molar refractivity (Wildman–Crippen MR) is 88.7 cm³/mol. The molecule has 23 heavy (non-hydrogen) atoms. The smallest absolute Gasteiger partial charge is 0.200 e. The van der Waals surface area contributed by atoms with E-state index in [1.54, 1.807) is 24.3 Å². The average Bonchev–Trinajstić information content (AvgIpc) is 2.59. The van der Waals surface area contributed by atoms with Crippen molar-refractivity contribution in [1.29, 1.82) is 0 Å². The maximum atomic E-state index is 12.6.